The Morgan fingerprint density at radius 3 is 2.22 bits per heavy atom. The van der Waals surface area contributed by atoms with Gasteiger partial charge in [-0.05, 0) is 56.8 Å². The first-order valence-corrected chi connectivity index (χ1v) is 14.6. The number of carbonyl (C=O) groups excluding carboxylic acids is 2. The number of halogens is 3. The number of hydrogen-bond acceptors (Lipinski definition) is 8. The molecule has 0 atom stereocenters. The molecule has 0 amide bonds. The maximum absolute atomic E-state index is 12.9. The van der Waals surface area contributed by atoms with Crippen molar-refractivity contribution in [2.45, 2.75) is 52.3 Å². The van der Waals surface area contributed by atoms with Gasteiger partial charge in [-0.2, -0.15) is 18.3 Å². The zero-order valence-electron chi connectivity index (χ0n) is 26.3. The molecule has 242 valence electrons. The SMILES string of the molecule is CCN(CC)CCOC(=O)C(C)(C)n1cc(-c2ccn3c(-c4cc(OC)c(C(=O)CCC(F)(F)F)c(OC)c4)cnc3c2)cn1. The Kier molecular flexibility index (Phi) is 10.2. The van der Waals surface area contributed by atoms with E-state index in [1.165, 1.54) is 14.2 Å². The van der Waals surface area contributed by atoms with E-state index in [0.717, 1.165) is 24.2 Å². The molecule has 0 radical (unpaired) electrons. The van der Waals surface area contributed by atoms with Crippen LogP contribution in [0.25, 0.3) is 28.0 Å². The highest BCUT2D eigenvalue weighted by atomic mass is 19.4. The third-order valence-electron chi connectivity index (χ3n) is 7.75. The number of Topliss-reactive ketones (excluding diaryl/α,β-unsaturated/α-hetero) is 1. The lowest BCUT2D eigenvalue weighted by atomic mass is 10.0. The summed E-state index contributed by atoms with van der Waals surface area (Å²) in [6.45, 7) is 10.4. The smallest absolute Gasteiger partial charge is 0.389 e. The number of ether oxygens (including phenoxy) is 3. The van der Waals surface area contributed by atoms with E-state index in [0.29, 0.717) is 30.1 Å². The Bertz CT molecular complexity index is 1630. The lowest BCUT2D eigenvalue weighted by Crippen LogP contribution is -2.39. The number of methoxy groups -OCH3 is 2. The van der Waals surface area contributed by atoms with E-state index < -0.39 is 30.3 Å². The normalized spacial score (nSPS) is 12.1. The minimum absolute atomic E-state index is 0.0446. The molecule has 0 N–H and O–H groups in total. The number of ketones is 1. The molecule has 0 aliphatic carbocycles. The average molecular weight is 630 g/mol. The van der Waals surface area contributed by atoms with Gasteiger partial charge in [-0.3, -0.25) is 13.9 Å². The molecule has 4 rings (SSSR count). The molecule has 45 heavy (non-hydrogen) atoms. The summed E-state index contributed by atoms with van der Waals surface area (Å²) in [5.41, 5.74) is 2.36. The minimum atomic E-state index is -4.46. The van der Waals surface area contributed by atoms with E-state index in [1.807, 2.05) is 22.7 Å². The van der Waals surface area contributed by atoms with Crippen molar-refractivity contribution in [3.8, 4) is 33.9 Å². The number of imidazole rings is 1. The van der Waals surface area contributed by atoms with E-state index in [4.69, 9.17) is 14.2 Å². The fourth-order valence-electron chi connectivity index (χ4n) is 4.94. The molecule has 0 saturated carbocycles. The maximum atomic E-state index is 12.9. The third-order valence-corrected chi connectivity index (χ3v) is 7.75. The summed E-state index contributed by atoms with van der Waals surface area (Å²) in [6, 6.07) is 6.89. The topological polar surface area (TPSA) is 100 Å². The standard InChI is InChI=1S/C32H38F3N5O5/c1-7-38(8-2)13-14-45-30(42)31(3,4)40-20-23(18-37-40)21-10-12-39-24(19-36-28(39)17-21)22-15-26(43-5)29(27(16-22)44-6)25(41)9-11-32(33,34)35/h10,12,15-20H,7-9,11,13-14H2,1-6H3. The van der Waals surface area contributed by atoms with Crippen molar-refractivity contribution >= 4 is 17.4 Å². The number of aromatic nitrogens is 4. The third kappa shape index (κ3) is 7.47. The highest BCUT2D eigenvalue weighted by molar-refractivity contribution is 6.02. The lowest BCUT2D eigenvalue weighted by Gasteiger charge is -2.24. The second-order valence-electron chi connectivity index (χ2n) is 11.0. The first kappa shape index (κ1) is 33.5. The quantitative estimate of drug-likeness (QED) is 0.123. The monoisotopic (exact) mass is 629 g/mol. The van der Waals surface area contributed by atoms with Crippen LogP contribution in [0.2, 0.25) is 0 Å². The van der Waals surface area contributed by atoms with Crippen LogP contribution < -0.4 is 9.47 Å². The van der Waals surface area contributed by atoms with Crippen molar-refractivity contribution in [1.29, 1.82) is 0 Å². The first-order chi connectivity index (χ1) is 21.3. The number of nitrogens with zero attached hydrogens (tertiary/aromatic N) is 5. The summed E-state index contributed by atoms with van der Waals surface area (Å²) < 4.78 is 58.0. The van der Waals surface area contributed by atoms with Crippen molar-refractivity contribution < 1.29 is 37.0 Å². The van der Waals surface area contributed by atoms with Gasteiger partial charge < -0.3 is 19.1 Å². The van der Waals surface area contributed by atoms with E-state index in [-0.39, 0.29) is 23.0 Å². The minimum Gasteiger partial charge on any atom is -0.496 e. The number of carbonyl (C=O) groups is 2. The van der Waals surface area contributed by atoms with Crippen LogP contribution in [0.1, 0.15) is 50.9 Å². The molecule has 0 fully saturated rings. The number of rotatable bonds is 14. The van der Waals surface area contributed by atoms with Gasteiger partial charge >= 0.3 is 12.1 Å². The molecule has 13 heteroatoms. The molecule has 0 aliphatic heterocycles. The number of fused-ring (bicyclic) bond motifs is 1. The van der Waals surface area contributed by atoms with Gasteiger partial charge in [0.05, 0.1) is 38.7 Å². The summed E-state index contributed by atoms with van der Waals surface area (Å²) in [4.78, 5) is 32.3. The molecule has 0 spiro atoms. The molecule has 1 aromatic carbocycles. The number of benzene rings is 1. The molecular weight excluding hydrogens is 591 g/mol. The van der Waals surface area contributed by atoms with Crippen molar-refractivity contribution in [2.24, 2.45) is 0 Å². The maximum Gasteiger partial charge on any atom is 0.389 e. The second-order valence-corrected chi connectivity index (χ2v) is 11.0. The molecule has 3 aromatic heterocycles. The van der Waals surface area contributed by atoms with Crippen LogP contribution in [-0.4, -0.2) is 82.5 Å². The van der Waals surface area contributed by atoms with Gasteiger partial charge in [-0.1, -0.05) is 13.8 Å². The van der Waals surface area contributed by atoms with E-state index >= 15 is 0 Å². The van der Waals surface area contributed by atoms with Gasteiger partial charge in [0.25, 0.3) is 0 Å². The Morgan fingerprint density at radius 2 is 1.62 bits per heavy atom. The highest BCUT2D eigenvalue weighted by Gasteiger charge is 2.33. The van der Waals surface area contributed by atoms with E-state index in [9.17, 15) is 22.8 Å². The molecule has 0 saturated heterocycles. The number of hydrogen-bond donors (Lipinski definition) is 0. The molecule has 0 aliphatic rings. The highest BCUT2D eigenvalue weighted by Crippen LogP contribution is 2.37. The molecule has 0 bridgehead atoms. The lowest BCUT2D eigenvalue weighted by molar-refractivity contribution is -0.153. The molecule has 4 aromatic rings. The number of alkyl halides is 3. The Morgan fingerprint density at radius 1 is 0.956 bits per heavy atom. The molecule has 0 unspecified atom stereocenters. The predicted molar refractivity (Wildman–Crippen MR) is 163 cm³/mol. The van der Waals surface area contributed by atoms with Crippen molar-refractivity contribution in [1.82, 2.24) is 24.1 Å². The Labute approximate surface area is 259 Å². The number of likely N-dealkylation sites (N-methyl/N-ethyl adjacent to an activating group) is 1. The van der Waals surface area contributed by atoms with E-state index in [2.05, 4.69) is 28.8 Å². The molecule has 3 heterocycles. The van der Waals surface area contributed by atoms with Crippen molar-refractivity contribution in [2.75, 3.05) is 40.5 Å². The fourth-order valence-corrected chi connectivity index (χ4v) is 4.94. The second kappa shape index (κ2) is 13.7. The van der Waals surface area contributed by atoms with Gasteiger partial charge in [-0.25, -0.2) is 9.78 Å². The van der Waals surface area contributed by atoms with Gasteiger partial charge in [0.2, 0.25) is 0 Å². The summed E-state index contributed by atoms with van der Waals surface area (Å²) >= 11 is 0. The fraction of sp³-hybridized carbons (Fsp3) is 0.438. The zero-order valence-corrected chi connectivity index (χ0v) is 26.3. The summed E-state index contributed by atoms with van der Waals surface area (Å²) in [5.74, 6) is -0.905. The van der Waals surface area contributed by atoms with Crippen molar-refractivity contribution in [3.05, 3.63) is 54.6 Å². The number of pyridine rings is 1. The molecule has 10 nitrogen and oxygen atoms in total. The van der Waals surface area contributed by atoms with Gasteiger partial charge in [0.15, 0.2) is 11.3 Å². The Hall–Kier alpha value is -4.39. The zero-order chi connectivity index (χ0) is 32.9. The predicted octanol–water partition coefficient (Wildman–Crippen LogP) is 6.03. The summed E-state index contributed by atoms with van der Waals surface area (Å²) in [6.07, 6.45) is 0.484. The van der Waals surface area contributed by atoms with Crippen LogP contribution >= 0.6 is 0 Å². The van der Waals surface area contributed by atoms with Crippen molar-refractivity contribution in [3.63, 3.8) is 0 Å². The Balaban J connectivity index is 1.57. The van der Waals surface area contributed by atoms with Gasteiger partial charge in [0.1, 0.15) is 29.3 Å². The number of esters is 1. The van der Waals surface area contributed by atoms with E-state index in [1.54, 1.807) is 49.3 Å². The van der Waals surface area contributed by atoms with Crippen LogP contribution in [0, 0.1) is 0 Å². The van der Waals surface area contributed by atoms with Gasteiger partial charge in [-0.15, -0.1) is 0 Å². The van der Waals surface area contributed by atoms with Crippen LogP contribution in [0.5, 0.6) is 11.5 Å². The summed E-state index contributed by atoms with van der Waals surface area (Å²) in [7, 11) is 2.68. The van der Waals surface area contributed by atoms with Gasteiger partial charge in [0, 0.05) is 36.5 Å². The van der Waals surface area contributed by atoms with Crippen LogP contribution in [0.4, 0.5) is 13.2 Å². The van der Waals surface area contributed by atoms with Crippen LogP contribution in [0.15, 0.2) is 49.1 Å². The van der Waals surface area contributed by atoms with Crippen LogP contribution in [-0.2, 0) is 15.1 Å². The first-order valence-electron chi connectivity index (χ1n) is 14.6. The molecular formula is C32H38F3N5O5. The van der Waals surface area contributed by atoms with Crippen LogP contribution in [0.3, 0.4) is 0 Å². The average Bonchev–Trinajstić information content (AvgIpc) is 3.69. The largest absolute Gasteiger partial charge is 0.496 e. The summed E-state index contributed by atoms with van der Waals surface area (Å²) in [5, 5.41) is 4.44.